The summed E-state index contributed by atoms with van der Waals surface area (Å²) in [4.78, 5) is 30.7. The van der Waals surface area contributed by atoms with E-state index >= 15 is 0 Å². The Morgan fingerprint density at radius 3 is 2.74 bits per heavy atom. The van der Waals surface area contributed by atoms with Crippen molar-refractivity contribution in [1.82, 2.24) is 4.98 Å². The van der Waals surface area contributed by atoms with Crippen molar-refractivity contribution in [3.63, 3.8) is 0 Å². The SMILES string of the molecule is Cc1cc(NC(=O)c2ccco2)sc1C(=O)Nc1nc(-c2cccs2)cs1. The van der Waals surface area contributed by atoms with E-state index in [1.807, 2.05) is 29.8 Å². The minimum atomic E-state index is -0.353. The number of aromatic nitrogens is 1. The Morgan fingerprint density at radius 2 is 2.00 bits per heavy atom. The maximum atomic E-state index is 12.6. The number of thiazole rings is 1. The smallest absolute Gasteiger partial charge is 0.291 e. The normalized spacial score (nSPS) is 10.7. The number of thiophene rings is 2. The molecule has 0 atom stereocenters. The van der Waals surface area contributed by atoms with E-state index in [4.69, 9.17) is 4.42 Å². The molecule has 4 aromatic rings. The lowest BCUT2D eigenvalue weighted by atomic mass is 10.3. The van der Waals surface area contributed by atoms with Crippen LogP contribution in [0.15, 0.2) is 51.8 Å². The topological polar surface area (TPSA) is 84.2 Å². The number of carbonyl (C=O) groups is 2. The maximum absolute atomic E-state index is 12.6. The van der Waals surface area contributed by atoms with E-state index in [0.29, 0.717) is 15.0 Å². The molecule has 4 rings (SSSR count). The van der Waals surface area contributed by atoms with E-state index in [1.54, 1.807) is 29.5 Å². The zero-order chi connectivity index (χ0) is 18.8. The van der Waals surface area contributed by atoms with Gasteiger partial charge in [0.25, 0.3) is 11.8 Å². The largest absolute Gasteiger partial charge is 0.459 e. The monoisotopic (exact) mass is 415 g/mol. The molecule has 9 heteroatoms. The van der Waals surface area contributed by atoms with Crippen LogP contribution in [-0.4, -0.2) is 16.8 Å². The molecule has 0 bridgehead atoms. The first-order valence-electron chi connectivity index (χ1n) is 7.86. The number of anilines is 2. The molecule has 0 aromatic carbocycles. The van der Waals surface area contributed by atoms with E-state index in [-0.39, 0.29) is 17.6 Å². The molecular formula is C18H13N3O3S3. The van der Waals surface area contributed by atoms with Crippen LogP contribution < -0.4 is 10.6 Å². The van der Waals surface area contributed by atoms with Gasteiger partial charge in [-0.25, -0.2) is 4.98 Å². The summed E-state index contributed by atoms with van der Waals surface area (Å²) in [5.41, 5.74) is 1.63. The molecule has 0 unspecified atom stereocenters. The number of nitrogens with one attached hydrogen (secondary N) is 2. The molecule has 0 radical (unpaired) electrons. The second-order valence-electron chi connectivity index (χ2n) is 5.52. The molecule has 27 heavy (non-hydrogen) atoms. The van der Waals surface area contributed by atoms with Crippen LogP contribution in [0.2, 0.25) is 0 Å². The van der Waals surface area contributed by atoms with Crippen LogP contribution in [0.5, 0.6) is 0 Å². The van der Waals surface area contributed by atoms with Crippen LogP contribution in [0, 0.1) is 6.92 Å². The van der Waals surface area contributed by atoms with Gasteiger partial charge in [-0.3, -0.25) is 14.9 Å². The predicted molar refractivity (Wildman–Crippen MR) is 109 cm³/mol. The molecule has 2 N–H and O–H groups in total. The maximum Gasteiger partial charge on any atom is 0.291 e. The summed E-state index contributed by atoms with van der Waals surface area (Å²) >= 11 is 4.19. The molecule has 0 aliphatic rings. The van der Waals surface area contributed by atoms with Crippen molar-refractivity contribution in [3.8, 4) is 10.6 Å². The van der Waals surface area contributed by atoms with Crippen LogP contribution >= 0.6 is 34.0 Å². The van der Waals surface area contributed by atoms with Crippen molar-refractivity contribution in [2.24, 2.45) is 0 Å². The molecule has 6 nitrogen and oxygen atoms in total. The predicted octanol–water partition coefficient (Wildman–Crippen LogP) is 5.34. The molecule has 4 aromatic heterocycles. The Morgan fingerprint density at radius 1 is 1.11 bits per heavy atom. The van der Waals surface area contributed by atoms with Crippen molar-refractivity contribution in [2.75, 3.05) is 10.6 Å². The molecular weight excluding hydrogens is 402 g/mol. The fourth-order valence-corrected chi connectivity index (χ4v) is 4.80. The molecule has 2 amide bonds. The lowest BCUT2D eigenvalue weighted by Gasteiger charge is -2.00. The zero-order valence-electron chi connectivity index (χ0n) is 14.0. The van der Waals surface area contributed by atoms with Crippen LogP contribution in [0.1, 0.15) is 25.8 Å². The van der Waals surface area contributed by atoms with Gasteiger partial charge in [-0.2, -0.15) is 0 Å². The van der Waals surface area contributed by atoms with Crippen LogP contribution in [-0.2, 0) is 0 Å². The number of aryl methyl sites for hydroxylation is 1. The van der Waals surface area contributed by atoms with Crippen LogP contribution in [0.25, 0.3) is 10.6 Å². The van der Waals surface area contributed by atoms with E-state index in [1.165, 1.54) is 28.9 Å². The van der Waals surface area contributed by atoms with Gasteiger partial charge in [-0.1, -0.05) is 6.07 Å². The fourth-order valence-electron chi connectivity index (χ4n) is 2.37. The van der Waals surface area contributed by atoms with Crippen molar-refractivity contribution >= 4 is 56.0 Å². The van der Waals surface area contributed by atoms with Gasteiger partial charge < -0.3 is 9.73 Å². The molecule has 0 fully saturated rings. The number of hydrogen-bond donors (Lipinski definition) is 2. The quantitative estimate of drug-likeness (QED) is 0.461. The highest BCUT2D eigenvalue weighted by molar-refractivity contribution is 7.18. The fraction of sp³-hybridized carbons (Fsp3) is 0.0556. The molecule has 4 heterocycles. The third-order valence-corrected chi connectivity index (χ3v) is 6.41. The van der Waals surface area contributed by atoms with Gasteiger partial charge in [0.15, 0.2) is 10.9 Å². The van der Waals surface area contributed by atoms with E-state index in [0.717, 1.165) is 16.1 Å². The summed E-state index contributed by atoms with van der Waals surface area (Å²) in [5.74, 6) is -0.382. The standard InChI is InChI=1S/C18H13N3O3S3/c1-10-8-14(20-16(22)12-4-2-6-24-12)27-15(10)17(23)21-18-19-11(9-26-18)13-5-3-7-25-13/h2-9H,1H3,(H,20,22)(H,19,21,23). The number of furan rings is 1. The molecule has 136 valence electrons. The average Bonchev–Trinajstić information content (AvgIpc) is 3.42. The van der Waals surface area contributed by atoms with Gasteiger partial charge in [0.05, 0.1) is 26.7 Å². The van der Waals surface area contributed by atoms with Gasteiger partial charge >= 0.3 is 0 Å². The number of nitrogens with zero attached hydrogens (tertiary/aromatic N) is 1. The minimum Gasteiger partial charge on any atom is -0.459 e. The molecule has 0 spiro atoms. The Bertz CT molecular complexity index is 1080. The summed E-state index contributed by atoms with van der Waals surface area (Å²) in [6.07, 6.45) is 1.44. The molecule has 0 saturated heterocycles. The van der Waals surface area contributed by atoms with Gasteiger partial charge in [-0.15, -0.1) is 34.0 Å². The third-order valence-electron chi connectivity index (χ3n) is 3.60. The zero-order valence-corrected chi connectivity index (χ0v) is 16.5. The second kappa shape index (κ2) is 7.47. The summed E-state index contributed by atoms with van der Waals surface area (Å²) < 4.78 is 5.07. The summed E-state index contributed by atoms with van der Waals surface area (Å²) in [7, 11) is 0. The van der Waals surface area contributed by atoms with E-state index in [9.17, 15) is 9.59 Å². The number of amides is 2. The molecule has 0 aliphatic carbocycles. The van der Waals surface area contributed by atoms with Gasteiger partial charge in [0, 0.05) is 5.38 Å². The molecule has 0 saturated carbocycles. The minimum absolute atomic E-state index is 0.218. The van der Waals surface area contributed by atoms with Gasteiger partial charge in [0.1, 0.15) is 0 Å². The lowest BCUT2D eigenvalue weighted by Crippen LogP contribution is -2.11. The van der Waals surface area contributed by atoms with E-state index < -0.39 is 0 Å². The van der Waals surface area contributed by atoms with Crippen molar-refractivity contribution in [2.45, 2.75) is 6.92 Å². The van der Waals surface area contributed by atoms with Gasteiger partial charge in [-0.05, 0) is 42.1 Å². The van der Waals surface area contributed by atoms with Crippen LogP contribution in [0.3, 0.4) is 0 Å². The molecule has 0 aliphatic heterocycles. The average molecular weight is 416 g/mol. The highest BCUT2D eigenvalue weighted by atomic mass is 32.1. The summed E-state index contributed by atoms with van der Waals surface area (Å²) in [6, 6.07) is 8.94. The first-order chi connectivity index (χ1) is 13.1. The lowest BCUT2D eigenvalue weighted by molar-refractivity contribution is 0.0995. The highest BCUT2D eigenvalue weighted by Crippen LogP contribution is 2.31. The first-order valence-corrected chi connectivity index (χ1v) is 10.4. The van der Waals surface area contributed by atoms with Crippen molar-refractivity contribution < 1.29 is 14.0 Å². The first kappa shape index (κ1) is 17.7. The Hall–Kier alpha value is -2.75. The summed E-state index contributed by atoms with van der Waals surface area (Å²) in [5, 5.41) is 10.6. The van der Waals surface area contributed by atoms with Crippen LogP contribution in [0.4, 0.5) is 10.1 Å². The van der Waals surface area contributed by atoms with E-state index in [2.05, 4.69) is 15.6 Å². The second-order valence-corrected chi connectivity index (χ2v) is 8.38. The highest BCUT2D eigenvalue weighted by Gasteiger charge is 2.18. The Balaban J connectivity index is 1.46. The number of hydrogen-bond acceptors (Lipinski definition) is 7. The third kappa shape index (κ3) is 3.85. The Labute approximate surface area is 166 Å². The van der Waals surface area contributed by atoms with Gasteiger partial charge in [0.2, 0.25) is 0 Å². The number of rotatable bonds is 5. The Kier molecular flexibility index (Phi) is 4.88. The number of carbonyl (C=O) groups excluding carboxylic acids is 2. The van der Waals surface area contributed by atoms with Crippen molar-refractivity contribution in [1.29, 1.82) is 0 Å². The van der Waals surface area contributed by atoms with Crippen molar-refractivity contribution in [3.05, 3.63) is 63.6 Å². The summed E-state index contributed by atoms with van der Waals surface area (Å²) in [6.45, 7) is 1.83.